The van der Waals surface area contributed by atoms with Crippen LogP contribution >= 0.6 is 0 Å². The van der Waals surface area contributed by atoms with Crippen molar-refractivity contribution < 1.29 is 14.6 Å². The Hall–Kier alpha value is -1.75. The van der Waals surface area contributed by atoms with Gasteiger partial charge in [0.15, 0.2) is 0 Å². The molecule has 0 aliphatic rings. The lowest BCUT2D eigenvalue weighted by atomic mass is 10.0. The van der Waals surface area contributed by atoms with Crippen molar-refractivity contribution in [1.82, 2.24) is 5.32 Å². The molecule has 0 radical (unpaired) electrons. The van der Waals surface area contributed by atoms with Crippen LogP contribution in [0, 0.1) is 5.92 Å². The zero-order valence-corrected chi connectivity index (χ0v) is 13.4. The summed E-state index contributed by atoms with van der Waals surface area (Å²) in [6.07, 6.45) is -1.44. The van der Waals surface area contributed by atoms with Crippen molar-refractivity contribution in [3.63, 3.8) is 0 Å². The second kappa shape index (κ2) is 7.31. The number of carbonyl (C=O) groups excluding carboxylic acids is 1. The maximum absolute atomic E-state index is 11.9. The van der Waals surface area contributed by atoms with Crippen LogP contribution in [-0.4, -0.2) is 29.1 Å². The molecule has 0 bridgehead atoms. The molecular formula is C16H26N2O3. The van der Waals surface area contributed by atoms with Crippen molar-refractivity contribution in [3.8, 4) is 0 Å². The molecule has 0 saturated carbocycles. The van der Waals surface area contributed by atoms with E-state index in [1.165, 1.54) is 0 Å². The molecule has 1 amide bonds. The minimum atomic E-state index is -0.903. The minimum Gasteiger partial charge on any atom is -0.444 e. The van der Waals surface area contributed by atoms with Crippen LogP contribution in [0.4, 0.5) is 10.5 Å². The summed E-state index contributed by atoms with van der Waals surface area (Å²) in [5.41, 5.74) is 0.227. The molecule has 0 saturated heterocycles. The standard InChI is InChI=1S/C16H26N2O3/c1-11(2)13(18-15(20)21-16(3,4)5)14(19)17-12-9-7-6-8-10-12/h6-11,13-14,17,19H,1-5H3,(H,18,20)/t13-,14?/m0/s1. The third kappa shape index (κ3) is 6.49. The Morgan fingerprint density at radius 2 is 1.76 bits per heavy atom. The highest BCUT2D eigenvalue weighted by Crippen LogP contribution is 2.13. The van der Waals surface area contributed by atoms with Crippen LogP contribution in [0.15, 0.2) is 30.3 Å². The summed E-state index contributed by atoms with van der Waals surface area (Å²) in [7, 11) is 0. The Bertz CT molecular complexity index is 441. The number of carbonyl (C=O) groups is 1. The Balaban J connectivity index is 2.66. The van der Waals surface area contributed by atoms with E-state index in [-0.39, 0.29) is 5.92 Å². The lowest BCUT2D eigenvalue weighted by Crippen LogP contribution is -2.51. The topological polar surface area (TPSA) is 70.6 Å². The number of rotatable bonds is 5. The molecule has 5 nitrogen and oxygen atoms in total. The third-order valence-electron chi connectivity index (χ3n) is 2.83. The van der Waals surface area contributed by atoms with Crippen LogP contribution in [0.25, 0.3) is 0 Å². The van der Waals surface area contributed by atoms with Gasteiger partial charge in [-0.2, -0.15) is 0 Å². The van der Waals surface area contributed by atoms with Crippen molar-refractivity contribution in [2.45, 2.75) is 52.5 Å². The summed E-state index contributed by atoms with van der Waals surface area (Å²) in [5, 5.41) is 16.0. The number of para-hydroxylation sites is 1. The molecule has 0 aromatic heterocycles. The molecule has 0 spiro atoms. The summed E-state index contributed by atoms with van der Waals surface area (Å²) in [6.45, 7) is 9.26. The minimum absolute atomic E-state index is 0.0451. The van der Waals surface area contributed by atoms with Gasteiger partial charge in [0.05, 0.1) is 6.04 Å². The Morgan fingerprint density at radius 3 is 2.24 bits per heavy atom. The van der Waals surface area contributed by atoms with E-state index in [2.05, 4.69) is 10.6 Å². The van der Waals surface area contributed by atoms with Crippen molar-refractivity contribution in [2.24, 2.45) is 5.92 Å². The molecule has 0 aliphatic carbocycles. The molecular weight excluding hydrogens is 268 g/mol. The van der Waals surface area contributed by atoms with E-state index in [4.69, 9.17) is 4.74 Å². The number of aliphatic hydroxyl groups excluding tert-OH is 1. The molecule has 3 N–H and O–H groups in total. The highest BCUT2D eigenvalue weighted by atomic mass is 16.6. The predicted octanol–water partition coefficient (Wildman–Crippen LogP) is 2.97. The van der Waals surface area contributed by atoms with Gasteiger partial charge >= 0.3 is 6.09 Å². The summed E-state index contributed by atoms with van der Waals surface area (Å²) in [6, 6.07) is 8.90. The zero-order chi connectivity index (χ0) is 16.0. The average molecular weight is 294 g/mol. The molecule has 1 unspecified atom stereocenters. The third-order valence-corrected chi connectivity index (χ3v) is 2.83. The summed E-state index contributed by atoms with van der Waals surface area (Å²) >= 11 is 0. The average Bonchev–Trinajstić information content (AvgIpc) is 2.34. The van der Waals surface area contributed by atoms with Crippen molar-refractivity contribution in [1.29, 1.82) is 0 Å². The Labute approximate surface area is 126 Å². The fraction of sp³-hybridized carbons (Fsp3) is 0.562. The van der Waals surface area contributed by atoms with Crippen LogP contribution in [0.3, 0.4) is 0 Å². The molecule has 0 fully saturated rings. The Morgan fingerprint density at radius 1 is 1.19 bits per heavy atom. The fourth-order valence-corrected chi connectivity index (χ4v) is 1.85. The maximum atomic E-state index is 11.9. The number of alkyl carbamates (subject to hydrolysis) is 1. The molecule has 0 heterocycles. The number of benzene rings is 1. The largest absolute Gasteiger partial charge is 0.444 e. The normalized spacial score (nSPS) is 14.4. The van der Waals surface area contributed by atoms with Gasteiger partial charge in [-0.3, -0.25) is 0 Å². The molecule has 21 heavy (non-hydrogen) atoms. The van der Waals surface area contributed by atoms with Gasteiger partial charge in [0.25, 0.3) is 0 Å². The van der Waals surface area contributed by atoms with Crippen LogP contribution < -0.4 is 10.6 Å². The second-order valence-electron chi connectivity index (χ2n) is 6.37. The van der Waals surface area contributed by atoms with E-state index in [1.807, 2.05) is 44.2 Å². The number of amides is 1. The van der Waals surface area contributed by atoms with E-state index in [9.17, 15) is 9.90 Å². The van der Waals surface area contributed by atoms with Crippen molar-refractivity contribution in [3.05, 3.63) is 30.3 Å². The zero-order valence-electron chi connectivity index (χ0n) is 13.4. The van der Waals surface area contributed by atoms with E-state index >= 15 is 0 Å². The predicted molar refractivity (Wildman–Crippen MR) is 84.1 cm³/mol. The van der Waals surface area contributed by atoms with Gasteiger partial charge in [-0.25, -0.2) is 4.79 Å². The van der Waals surface area contributed by atoms with E-state index < -0.39 is 24.0 Å². The maximum Gasteiger partial charge on any atom is 0.408 e. The monoisotopic (exact) mass is 294 g/mol. The van der Waals surface area contributed by atoms with Gasteiger partial charge in [-0.15, -0.1) is 0 Å². The van der Waals surface area contributed by atoms with Crippen LogP contribution in [-0.2, 0) is 4.74 Å². The van der Waals surface area contributed by atoms with Crippen molar-refractivity contribution >= 4 is 11.8 Å². The summed E-state index contributed by atoms with van der Waals surface area (Å²) in [4.78, 5) is 11.9. The summed E-state index contributed by atoms with van der Waals surface area (Å²) in [5.74, 6) is 0.0451. The van der Waals surface area contributed by atoms with Gasteiger partial charge in [0.2, 0.25) is 0 Å². The molecule has 1 aromatic rings. The van der Waals surface area contributed by atoms with Crippen LogP contribution in [0.2, 0.25) is 0 Å². The van der Waals surface area contributed by atoms with Gasteiger partial charge in [-0.05, 0) is 38.8 Å². The highest BCUT2D eigenvalue weighted by molar-refractivity contribution is 5.68. The number of hydrogen-bond donors (Lipinski definition) is 3. The van der Waals surface area contributed by atoms with E-state index in [0.717, 1.165) is 5.69 Å². The first-order valence-electron chi connectivity index (χ1n) is 7.18. The van der Waals surface area contributed by atoms with Gasteiger partial charge in [0, 0.05) is 5.69 Å². The van der Waals surface area contributed by atoms with E-state index in [0.29, 0.717) is 0 Å². The number of hydrogen-bond acceptors (Lipinski definition) is 4. The quantitative estimate of drug-likeness (QED) is 0.730. The number of anilines is 1. The molecule has 5 heteroatoms. The second-order valence-corrected chi connectivity index (χ2v) is 6.37. The molecule has 1 aromatic carbocycles. The van der Waals surface area contributed by atoms with Crippen LogP contribution in [0.1, 0.15) is 34.6 Å². The number of nitrogens with one attached hydrogen (secondary N) is 2. The SMILES string of the molecule is CC(C)[C@H](NC(=O)OC(C)(C)C)C(O)Nc1ccccc1. The molecule has 0 aliphatic heterocycles. The fourth-order valence-electron chi connectivity index (χ4n) is 1.85. The number of aliphatic hydroxyl groups is 1. The number of ether oxygens (including phenoxy) is 1. The first-order valence-corrected chi connectivity index (χ1v) is 7.18. The molecule has 1 rings (SSSR count). The van der Waals surface area contributed by atoms with Crippen LogP contribution in [0.5, 0.6) is 0 Å². The first-order chi connectivity index (χ1) is 9.69. The summed E-state index contributed by atoms with van der Waals surface area (Å²) < 4.78 is 5.23. The molecule has 118 valence electrons. The van der Waals surface area contributed by atoms with E-state index in [1.54, 1.807) is 20.8 Å². The first kappa shape index (κ1) is 17.3. The lowest BCUT2D eigenvalue weighted by molar-refractivity contribution is 0.0407. The lowest BCUT2D eigenvalue weighted by Gasteiger charge is -2.30. The van der Waals surface area contributed by atoms with Crippen molar-refractivity contribution in [2.75, 3.05) is 5.32 Å². The highest BCUT2D eigenvalue weighted by Gasteiger charge is 2.27. The van der Waals surface area contributed by atoms with Gasteiger partial charge < -0.3 is 20.5 Å². The smallest absolute Gasteiger partial charge is 0.408 e. The van der Waals surface area contributed by atoms with Gasteiger partial charge in [0.1, 0.15) is 11.8 Å². The Kier molecular flexibility index (Phi) is 6.03. The van der Waals surface area contributed by atoms with Gasteiger partial charge in [-0.1, -0.05) is 32.0 Å². The molecule has 2 atom stereocenters.